The number of carbonyl (C=O) groups is 1. The van der Waals surface area contributed by atoms with Crippen molar-refractivity contribution in [2.75, 3.05) is 26.6 Å². The van der Waals surface area contributed by atoms with Gasteiger partial charge in [-0.05, 0) is 17.7 Å². The Kier molecular flexibility index (Phi) is 6.47. The molecule has 0 fully saturated rings. The summed E-state index contributed by atoms with van der Waals surface area (Å²) < 4.78 is 18.9. The number of benzene rings is 2. The van der Waals surface area contributed by atoms with E-state index in [0.717, 1.165) is 11.1 Å². The molecule has 4 aromatic rings. The van der Waals surface area contributed by atoms with Crippen LogP contribution in [-0.4, -0.2) is 41.4 Å². The van der Waals surface area contributed by atoms with Crippen LogP contribution in [0.25, 0.3) is 22.2 Å². The standard InChI is InChI=1S/C24H23ClN4O5/c1-28-11-17(14-5-7-15(25)8-6-14)21-22(28)24(31)29(13-26-21)12-20(30)27-16-9-18(32-2)23(34-4)19(10-16)33-3/h5-11,13H,12H2,1-4H3,(H,27,30). The van der Waals surface area contributed by atoms with E-state index in [4.69, 9.17) is 25.8 Å². The van der Waals surface area contributed by atoms with Gasteiger partial charge in [0, 0.05) is 41.7 Å². The number of hydrogen-bond acceptors (Lipinski definition) is 6. The van der Waals surface area contributed by atoms with Gasteiger partial charge in [-0.3, -0.25) is 14.2 Å². The zero-order valence-electron chi connectivity index (χ0n) is 19.1. The number of anilines is 1. The van der Waals surface area contributed by atoms with Crippen molar-refractivity contribution in [3.05, 3.63) is 64.3 Å². The van der Waals surface area contributed by atoms with Crippen LogP contribution in [0.15, 0.2) is 53.7 Å². The van der Waals surface area contributed by atoms with E-state index in [1.807, 2.05) is 18.3 Å². The molecule has 10 heteroatoms. The Balaban J connectivity index is 1.62. The van der Waals surface area contributed by atoms with Crippen LogP contribution in [0.4, 0.5) is 5.69 Å². The van der Waals surface area contributed by atoms with Gasteiger partial charge in [0.05, 0.1) is 27.7 Å². The molecule has 9 nitrogen and oxygen atoms in total. The number of nitrogens with one attached hydrogen (secondary N) is 1. The summed E-state index contributed by atoms with van der Waals surface area (Å²) in [5.74, 6) is 0.797. The zero-order valence-corrected chi connectivity index (χ0v) is 19.8. The van der Waals surface area contributed by atoms with Crippen LogP contribution >= 0.6 is 11.6 Å². The quantitative estimate of drug-likeness (QED) is 0.431. The molecule has 2 aromatic heterocycles. The third-order valence-corrected chi connectivity index (χ3v) is 5.61. The van der Waals surface area contributed by atoms with E-state index in [1.54, 1.807) is 35.9 Å². The molecule has 0 bridgehead atoms. The highest BCUT2D eigenvalue weighted by atomic mass is 35.5. The van der Waals surface area contributed by atoms with Gasteiger partial charge >= 0.3 is 0 Å². The summed E-state index contributed by atoms with van der Waals surface area (Å²) in [5.41, 5.74) is 2.75. The molecule has 176 valence electrons. The maximum Gasteiger partial charge on any atom is 0.278 e. The van der Waals surface area contributed by atoms with Gasteiger partial charge in [0.15, 0.2) is 11.5 Å². The molecule has 1 N–H and O–H groups in total. The van der Waals surface area contributed by atoms with Crippen LogP contribution < -0.4 is 25.1 Å². The number of ether oxygens (including phenoxy) is 3. The van der Waals surface area contributed by atoms with E-state index in [1.165, 1.54) is 32.2 Å². The number of rotatable bonds is 7. The summed E-state index contributed by atoms with van der Waals surface area (Å²) in [6, 6.07) is 10.5. The van der Waals surface area contributed by atoms with Gasteiger partial charge < -0.3 is 24.1 Å². The van der Waals surface area contributed by atoms with Crippen molar-refractivity contribution in [3.8, 4) is 28.4 Å². The number of aromatic nitrogens is 3. The van der Waals surface area contributed by atoms with Crippen molar-refractivity contribution in [2.24, 2.45) is 7.05 Å². The maximum absolute atomic E-state index is 13.2. The smallest absolute Gasteiger partial charge is 0.278 e. The number of carbonyl (C=O) groups excluding carboxylic acids is 1. The predicted molar refractivity (Wildman–Crippen MR) is 130 cm³/mol. The fourth-order valence-corrected chi connectivity index (χ4v) is 3.90. The first-order chi connectivity index (χ1) is 16.4. The third kappa shape index (κ3) is 4.29. The van der Waals surface area contributed by atoms with Crippen LogP contribution in [0.2, 0.25) is 5.02 Å². The van der Waals surface area contributed by atoms with Crippen LogP contribution in [0.5, 0.6) is 17.2 Å². The summed E-state index contributed by atoms with van der Waals surface area (Å²) in [6.07, 6.45) is 3.21. The average Bonchev–Trinajstić information content (AvgIpc) is 3.17. The fraction of sp³-hybridized carbons (Fsp3) is 0.208. The van der Waals surface area contributed by atoms with Gasteiger partial charge in [-0.2, -0.15) is 0 Å². The van der Waals surface area contributed by atoms with Gasteiger partial charge in [0.25, 0.3) is 5.56 Å². The van der Waals surface area contributed by atoms with E-state index in [0.29, 0.717) is 39.0 Å². The summed E-state index contributed by atoms with van der Waals surface area (Å²) in [5, 5.41) is 3.38. The lowest BCUT2D eigenvalue weighted by atomic mass is 10.1. The first kappa shape index (κ1) is 23.2. The number of aryl methyl sites for hydroxylation is 1. The Morgan fingerprint density at radius 3 is 2.29 bits per heavy atom. The van der Waals surface area contributed by atoms with Crippen molar-refractivity contribution in [1.29, 1.82) is 0 Å². The second-order valence-corrected chi connectivity index (χ2v) is 7.93. The summed E-state index contributed by atoms with van der Waals surface area (Å²) in [7, 11) is 6.24. The monoisotopic (exact) mass is 482 g/mol. The molecule has 0 aliphatic rings. The predicted octanol–water partition coefficient (Wildman–Crippen LogP) is 3.72. The van der Waals surface area contributed by atoms with Crippen molar-refractivity contribution >= 4 is 34.2 Å². The minimum absolute atomic E-state index is 0.222. The highest BCUT2D eigenvalue weighted by Gasteiger charge is 2.18. The normalized spacial score (nSPS) is 10.9. The Labute approximate surface area is 200 Å². The number of methoxy groups -OCH3 is 3. The Hall–Kier alpha value is -3.98. The van der Waals surface area contributed by atoms with Crippen molar-refractivity contribution < 1.29 is 19.0 Å². The molecule has 34 heavy (non-hydrogen) atoms. The molecule has 0 aliphatic carbocycles. The lowest BCUT2D eigenvalue weighted by Gasteiger charge is -2.15. The number of fused-ring (bicyclic) bond motifs is 1. The molecule has 0 saturated carbocycles. The SMILES string of the molecule is COc1cc(NC(=O)Cn2cnc3c(-c4ccc(Cl)cc4)cn(C)c3c2=O)cc(OC)c1OC. The molecule has 0 saturated heterocycles. The molecular weight excluding hydrogens is 460 g/mol. The van der Waals surface area contributed by atoms with Gasteiger partial charge in [0.1, 0.15) is 17.6 Å². The third-order valence-electron chi connectivity index (χ3n) is 5.36. The molecule has 2 aromatic carbocycles. The van der Waals surface area contributed by atoms with E-state index in [-0.39, 0.29) is 12.1 Å². The first-order valence-corrected chi connectivity index (χ1v) is 10.6. The minimum atomic E-state index is -0.412. The highest BCUT2D eigenvalue weighted by Crippen LogP contribution is 2.40. The van der Waals surface area contributed by atoms with Crippen molar-refractivity contribution in [3.63, 3.8) is 0 Å². The molecular formula is C24H23ClN4O5. The molecule has 4 rings (SSSR count). The fourth-order valence-electron chi connectivity index (χ4n) is 3.77. The molecule has 2 heterocycles. The van der Waals surface area contributed by atoms with Crippen molar-refractivity contribution in [1.82, 2.24) is 14.1 Å². The first-order valence-electron chi connectivity index (χ1n) is 10.3. The Morgan fingerprint density at radius 1 is 1.06 bits per heavy atom. The topological polar surface area (TPSA) is 96.6 Å². The minimum Gasteiger partial charge on any atom is -0.493 e. The van der Waals surface area contributed by atoms with Crippen LogP contribution in [0.1, 0.15) is 0 Å². The van der Waals surface area contributed by atoms with Gasteiger partial charge in [-0.15, -0.1) is 0 Å². The van der Waals surface area contributed by atoms with Crippen LogP contribution in [0, 0.1) is 0 Å². The molecule has 0 radical (unpaired) electrons. The number of nitrogens with zero attached hydrogens (tertiary/aromatic N) is 3. The largest absolute Gasteiger partial charge is 0.493 e. The number of halogens is 1. The molecule has 0 unspecified atom stereocenters. The van der Waals surface area contributed by atoms with Gasteiger partial charge in [-0.25, -0.2) is 4.98 Å². The highest BCUT2D eigenvalue weighted by molar-refractivity contribution is 6.30. The van der Waals surface area contributed by atoms with Crippen molar-refractivity contribution in [2.45, 2.75) is 6.54 Å². The molecule has 0 atom stereocenters. The maximum atomic E-state index is 13.2. The average molecular weight is 483 g/mol. The summed E-state index contributed by atoms with van der Waals surface area (Å²) in [6.45, 7) is -0.222. The lowest BCUT2D eigenvalue weighted by Crippen LogP contribution is -2.28. The zero-order chi connectivity index (χ0) is 24.4. The van der Waals surface area contributed by atoms with Gasteiger partial charge in [-0.1, -0.05) is 23.7 Å². The Bertz CT molecular complexity index is 1400. The number of hydrogen-bond donors (Lipinski definition) is 1. The van der Waals surface area contributed by atoms with Crippen LogP contribution in [0.3, 0.4) is 0 Å². The molecule has 0 aliphatic heterocycles. The van der Waals surface area contributed by atoms with E-state index in [2.05, 4.69) is 10.3 Å². The number of amides is 1. The Morgan fingerprint density at radius 2 is 1.71 bits per heavy atom. The van der Waals surface area contributed by atoms with E-state index in [9.17, 15) is 9.59 Å². The molecule has 1 amide bonds. The summed E-state index contributed by atoms with van der Waals surface area (Å²) >= 11 is 5.99. The van der Waals surface area contributed by atoms with Crippen LogP contribution in [-0.2, 0) is 18.4 Å². The molecule has 0 spiro atoms. The second-order valence-electron chi connectivity index (χ2n) is 7.50. The van der Waals surface area contributed by atoms with E-state index < -0.39 is 5.91 Å². The van der Waals surface area contributed by atoms with Gasteiger partial charge in [0.2, 0.25) is 11.7 Å². The lowest BCUT2D eigenvalue weighted by molar-refractivity contribution is -0.116. The van der Waals surface area contributed by atoms with E-state index >= 15 is 0 Å². The summed E-state index contributed by atoms with van der Waals surface area (Å²) in [4.78, 5) is 30.4. The second kappa shape index (κ2) is 9.48.